The lowest BCUT2D eigenvalue weighted by atomic mass is 10.1. The highest BCUT2D eigenvalue weighted by atomic mass is 35.5. The van der Waals surface area contributed by atoms with Gasteiger partial charge in [-0.05, 0) is 18.4 Å². The van der Waals surface area contributed by atoms with E-state index in [0.29, 0.717) is 11.1 Å². The third kappa shape index (κ3) is 2.22. The number of rotatable bonds is 2. The van der Waals surface area contributed by atoms with Gasteiger partial charge in [0.1, 0.15) is 0 Å². The van der Waals surface area contributed by atoms with Crippen LogP contribution in [0.25, 0.3) is 0 Å². The van der Waals surface area contributed by atoms with E-state index in [1.54, 1.807) is 0 Å². The lowest BCUT2D eigenvalue weighted by Crippen LogP contribution is -2.01. The summed E-state index contributed by atoms with van der Waals surface area (Å²) in [6.45, 7) is 4.36. The van der Waals surface area contributed by atoms with Crippen molar-refractivity contribution in [2.45, 2.75) is 20.3 Å². The maximum atomic E-state index is 5.72. The fourth-order valence-electron chi connectivity index (χ4n) is 1.08. The highest BCUT2D eigenvalue weighted by Crippen LogP contribution is 2.12. The highest BCUT2D eigenvalue weighted by molar-refractivity contribution is 6.29. The lowest BCUT2D eigenvalue weighted by molar-refractivity contribution is 0.596. The summed E-state index contributed by atoms with van der Waals surface area (Å²) < 4.78 is 1.84. The molecule has 0 N–H and O–H groups in total. The zero-order valence-electron chi connectivity index (χ0n) is 7.13. The molecule has 0 amide bonds. The Kier molecular flexibility index (Phi) is 2.55. The zero-order valence-corrected chi connectivity index (χ0v) is 7.89. The average Bonchev–Trinajstić information content (AvgIpc) is 2.09. The van der Waals surface area contributed by atoms with Crippen molar-refractivity contribution in [1.82, 2.24) is 9.78 Å². The molecule has 3 heteroatoms. The number of aryl methyl sites for hydroxylation is 1. The fraction of sp³-hybridized carbons (Fsp3) is 0.625. The van der Waals surface area contributed by atoms with Crippen LogP contribution in [0.3, 0.4) is 0 Å². The van der Waals surface area contributed by atoms with Crippen LogP contribution in [0.1, 0.15) is 19.5 Å². The molecule has 0 aromatic carbocycles. The van der Waals surface area contributed by atoms with Gasteiger partial charge in [0.2, 0.25) is 0 Å². The molecule has 0 saturated carbocycles. The van der Waals surface area contributed by atoms with Crippen LogP contribution in [0.4, 0.5) is 0 Å². The maximum absolute atomic E-state index is 5.72. The summed E-state index contributed by atoms with van der Waals surface area (Å²) in [4.78, 5) is 0. The molecule has 0 aliphatic heterocycles. The Morgan fingerprint density at radius 2 is 2.27 bits per heavy atom. The van der Waals surface area contributed by atoms with Crippen LogP contribution in [0.5, 0.6) is 0 Å². The standard InChI is InChI=1S/C8H13ClN2/c1-6(2)4-7-5-8(9)10-11(7)3/h5-6H,4H2,1-3H3. The Hall–Kier alpha value is -0.500. The molecule has 0 bridgehead atoms. The summed E-state index contributed by atoms with van der Waals surface area (Å²) in [6.07, 6.45) is 1.04. The lowest BCUT2D eigenvalue weighted by Gasteiger charge is -2.03. The second-order valence-corrected chi connectivity index (χ2v) is 3.57. The normalized spacial score (nSPS) is 11.0. The molecule has 62 valence electrons. The molecule has 2 nitrogen and oxygen atoms in total. The van der Waals surface area contributed by atoms with Gasteiger partial charge in [0, 0.05) is 12.7 Å². The van der Waals surface area contributed by atoms with E-state index >= 15 is 0 Å². The van der Waals surface area contributed by atoms with Crippen molar-refractivity contribution >= 4 is 11.6 Å². The van der Waals surface area contributed by atoms with E-state index in [-0.39, 0.29) is 0 Å². The summed E-state index contributed by atoms with van der Waals surface area (Å²) >= 11 is 5.72. The number of aromatic nitrogens is 2. The van der Waals surface area contributed by atoms with Gasteiger partial charge in [-0.2, -0.15) is 5.10 Å². The van der Waals surface area contributed by atoms with Gasteiger partial charge in [-0.25, -0.2) is 0 Å². The van der Waals surface area contributed by atoms with Crippen LogP contribution in [-0.4, -0.2) is 9.78 Å². The number of halogens is 1. The molecule has 0 fully saturated rings. The van der Waals surface area contributed by atoms with Gasteiger partial charge in [0.25, 0.3) is 0 Å². The van der Waals surface area contributed by atoms with Crippen molar-refractivity contribution in [3.63, 3.8) is 0 Å². The van der Waals surface area contributed by atoms with Crippen molar-refractivity contribution < 1.29 is 0 Å². The predicted molar refractivity (Wildman–Crippen MR) is 46.8 cm³/mol. The third-order valence-electron chi connectivity index (χ3n) is 1.56. The summed E-state index contributed by atoms with van der Waals surface area (Å²) in [5, 5.41) is 4.63. The van der Waals surface area contributed by atoms with Crippen LogP contribution in [-0.2, 0) is 13.5 Å². The van der Waals surface area contributed by atoms with E-state index in [4.69, 9.17) is 11.6 Å². The van der Waals surface area contributed by atoms with Crippen molar-refractivity contribution in [3.05, 3.63) is 16.9 Å². The molecule has 1 aromatic rings. The molecule has 0 aliphatic carbocycles. The van der Waals surface area contributed by atoms with Crippen LogP contribution in [0.2, 0.25) is 5.15 Å². The molecule has 0 saturated heterocycles. The van der Waals surface area contributed by atoms with Gasteiger partial charge in [-0.1, -0.05) is 25.4 Å². The Labute approximate surface area is 72.2 Å². The van der Waals surface area contributed by atoms with Crippen molar-refractivity contribution in [3.8, 4) is 0 Å². The van der Waals surface area contributed by atoms with Gasteiger partial charge < -0.3 is 0 Å². The second kappa shape index (κ2) is 3.26. The van der Waals surface area contributed by atoms with Crippen molar-refractivity contribution in [2.75, 3.05) is 0 Å². The third-order valence-corrected chi connectivity index (χ3v) is 1.75. The number of nitrogens with zero attached hydrogens (tertiary/aromatic N) is 2. The first-order valence-corrected chi connectivity index (χ1v) is 4.16. The minimum absolute atomic E-state index is 0.586. The molecule has 0 aliphatic rings. The first-order chi connectivity index (χ1) is 5.09. The quantitative estimate of drug-likeness (QED) is 0.669. The smallest absolute Gasteiger partial charge is 0.151 e. The fourth-order valence-corrected chi connectivity index (χ4v) is 1.32. The van der Waals surface area contributed by atoms with Gasteiger partial charge >= 0.3 is 0 Å². The van der Waals surface area contributed by atoms with E-state index in [0.717, 1.165) is 6.42 Å². The van der Waals surface area contributed by atoms with Gasteiger partial charge in [0.15, 0.2) is 5.15 Å². The molecule has 0 spiro atoms. The van der Waals surface area contributed by atoms with E-state index in [1.165, 1.54) is 5.69 Å². The number of hydrogen-bond acceptors (Lipinski definition) is 1. The largest absolute Gasteiger partial charge is 0.271 e. The van der Waals surface area contributed by atoms with Gasteiger partial charge in [0.05, 0.1) is 0 Å². The van der Waals surface area contributed by atoms with Crippen LogP contribution in [0, 0.1) is 5.92 Å². The minimum Gasteiger partial charge on any atom is -0.271 e. The highest BCUT2D eigenvalue weighted by Gasteiger charge is 2.04. The maximum Gasteiger partial charge on any atom is 0.151 e. The second-order valence-electron chi connectivity index (χ2n) is 3.18. The van der Waals surface area contributed by atoms with Gasteiger partial charge in [-0.3, -0.25) is 4.68 Å². The van der Waals surface area contributed by atoms with Gasteiger partial charge in [-0.15, -0.1) is 0 Å². The van der Waals surface area contributed by atoms with Crippen LogP contribution < -0.4 is 0 Å². The van der Waals surface area contributed by atoms with E-state index < -0.39 is 0 Å². The van der Waals surface area contributed by atoms with E-state index in [9.17, 15) is 0 Å². The Bertz CT molecular complexity index is 240. The summed E-state index contributed by atoms with van der Waals surface area (Å²) in [5.41, 5.74) is 1.20. The monoisotopic (exact) mass is 172 g/mol. The molecule has 1 rings (SSSR count). The molecule has 11 heavy (non-hydrogen) atoms. The SMILES string of the molecule is CC(C)Cc1cc(Cl)nn1C. The summed E-state index contributed by atoms with van der Waals surface area (Å²) in [5.74, 6) is 0.654. The molecule has 1 heterocycles. The Morgan fingerprint density at radius 1 is 1.64 bits per heavy atom. The van der Waals surface area contributed by atoms with Crippen molar-refractivity contribution in [2.24, 2.45) is 13.0 Å². The molecule has 0 unspecified atom stereocenters. The Morgan fingerprint density at radius 3 is 2.64 bits per heavy atom. The van der Waals surface area contributed by atoms with Crippen molar-refractivity contribution in [1.29, 1.82) is 0 Å². The molecular weight excluding hydrogens is 160 g/mol. The molecule has 0 atom stereocenters. The first-order valence-electron chi connectivity index (χ1n) is 3.78. The minimum atomic E-state index is 0.586. The number of hydrogen-bond donors (Lipinski definition) is 0. The topological polar surface area (TPSA) is 17.8 Å². The summed E-state index contributed by atoms with van der Waals surface area (Å²) in [6, 6.07) is 1.92. The Balaban J connectivity index is 2.77. The zero-order chi connectivity index (χ0) is 8.43. The molecule has 1 aromatic heterocycles. The first kappa shape index (κ1) is 8.60. The van der Waals surface area contributed by atoms with Crippen LogP contribution >= 0.6 is 11.6 Å². The van der Waals surface area contributed by atoms with Crippen LogP contribution in [0.15, 0.2) is 6.07 Å². The van der Waals surface area contributed by atoms with E-state index in [2.05, 4.69) is 18.9 Å². The average molecular weight is 173 g/mol. The van der Waals surface area contributed by atoms with E-state index in [1.807, 2.05) is 17.8 Å². The predicted octanol–water partition coefficient (Wildman–Crippen LogP) is 2.27. The summed E-state index contributed by atoms with van der Waals surface area (Å²) in [7, 11) is 1.92. The molecular formula is C8H13ClN2. The molecule has 0 radical (unpaired) electrons.